The highest BCUT2D eigenvalue weighted by Crippen LogP contribution is 2.24. The zero-order valence-electron chi connectivity index (χ0n) is 13.5. The number of rotatable bonds is 3. The maximum absolute atomic E-state index is 13.9. The topological polar surface area (TPSA) is 54.5 Å². The summed E-state index contributed by atoms with van der Waals surface area (Å²) >= 11 is 0. The Morgan fingerprint density at radius 1 is 1.38 bits per heavy atom. The van der Waals surface area contributed by atoms with Crippen molar-refractivity contribution in [3.63, 3.8) is 0 Å². The molecule has 24 heavy (non-hydrogen) atoms. The molecule has 1 aliphatic rings. The van der Waals surface area contributed by atoms with E-state index >= 15 is 0 Å². The van der Waals surface area contributed by atoms with Crippen LogP contribution in [0.2, 0.25) is 0 Å². The van der Waals surface area contributed by atoms with Crippen molar-refractivity contribution < 1.29 is 13.9 Å². The van der Waals surface area contributed by atoms with E-state index in [0.717, 1.165) is 5.56 Å². The monoisotopic (exact) mass is 329 g/mol. The number of hydrogen-bond donors (Lipinski definition) is 1. The summed E-state index contributed by atoms with van der Waals surface area (Å²) in [6, 6.07) is 9.92. The van der Waals surface area contributed by atoms with Crippen molar-refractivity contribution >= 4 is 6.03 Å². The Morgan fingerprint density at radius 3 is 2.96 bits per heavy atom. The Kier molecular flexibility index (Phi) is 5.05. The van der Waals surface area contributed by atoms with Gasteiger partial charge in [0.05, 0.1) is 19.2 Å². The second-order valence-electron chi connectivity index (χ2n) is 5.78. The smallest absolute Gasteiger partial charge is 0.318 e. The van der Waals surface area contributed by atoms with Crippen LogP contribution in [0.25, 0.3) is 0 Å². The van der Waals surface area contributed by atoms with Gasteiger partial charge in [0.2, 0.25) is 0 Å². The van der Waals surface area contributed by atoms with Crippen molar-refractivity contribution in [1.29, 1.82) is 0 Å². The van der Waals surface area contributed by atoms with Gasteiger partial charge >= 0.3 is 6.03 Å². The molecule has 6 heteroatoms. The first kappa shape index (κ1) is 16.4. The minimum absolute atomic E-state index is 0.152. The summed E-state index contributed by atoms with van der Waals surface area (Å²) in [5, 5.41) is 2.95. The SMILES string of the molecule is C[C@H](NC(=O)N1CCO[C@@H](c2ccccc2F)C1)c1cccnc1. The second-order valence-corrected chi connectivity index (χ2v) is 5.78. The quantitative estimate of drug-likeness (QED) is 0.941. The van der Waals surface area contributed by atoms with Crippen LogP contribution in [0.1, 0.15) is 30.2 Å². The summed E-state index contributed by atoms with van der Waals surface area (Å²) in [6.45, 7) is 3.10. The number of morpholine rings is 1. The Bertz CT molecular complexity index is 696. The van der Waals surface area contributed by atoms with Crippen LogP contribution in [0.15, 0.2) is 48.8 Å². The van der Waals surface area contributed by atoms with Crippen LogP contribution < -0.4 is 5.32 Å². The largest absolute Gasteiger partial charge is 0.370 e. The van der Waals surface area contributed by atoms with E-state index in [-0.39, 0.29) is 17.9 Å². The molecule has 0 saturated carbocycles. The molecule has 0 aliphatic carbocycles. The van der Waals surface area contributed by atoms with Gasteiger partial charge in [0.1, 0.15) is 11.9 Å². The summed E-state index contributed by atoms with van der Waals surface area (Å²) in [5.41, 5.74) is 1.42. The number of ether oxygens (including phenoxy) is 1. The molecule has 0 unspecified atom stereocenters. The van der Waals surface area contributed by atoms with Gasteiger partial charge in [0.25, 0.3) is 0 Å². The third kappa shape index (κ3) is 3.71. The summed E-state index contributed by atoms with van der Waals surface area (Å²) in [7, 11) is 0. The number of pyridine rings is 1. The molecule has 1 saturated heterocycles. The molecule has 1 fully saturated rings. The van der Waals surface area contributed by atoms with Gasteiger partial charge < -0.3 is 15.0 Å². The van der Waals surface area contributed by atoms with E-state index in [4.69, 9.17) is 4.74 Å². The Balaban J connectivity index is 1.64. The lowest BCUT2D eigenvalue weighted by molar-refractivity contribution is -0.0174. The average Bonchev–Trinajstić information content (AvgIpc) is 2.63. The normalized spacial score (nSPS) is 18.9. The van der Waals surface area contributed by atoms with Crippen molar-refractivity contribution in [2.75, 3.05) is 19.7 Å². The zero-order chi connectivity index (χ0) is 16.9. The summed E-state index contributed by atoms with van der Waals surface area (Å²) in [5.74, 6) is -0.312. The predicted octanol–water partition coefficient (Wildman–Crippen LogP) is 3.06. The van der Waals surface area contributed by atoms with Crippen LogP contribution in [-0.4, -0.2) is 35.6 Å². The number of urea groups is 1. The van der Waals surface area contributed by atoms with Crippen LogP contribution in [-0.2, 0) is 4.74 Å². The number of aromatic nitrogens is 1. The van der Waals surface area contributed by atoms with Crippen molar-refractivity contribution in [2.24, 2.45) is 0 Å². The molecule has 0 bridgehead atoms. The fraction of sp³-hybridized carbons (Fsp3) is 0.333. The minimum atomic E-state index is -0.445. The average molecular weight is 329 g/mol. The number of carbonyl (C=O) groups excluding carboxylic acids is 1. The van der Waals surface area contributed by atoms with Gasteiger partial charge in [-0.2, -0.15) is 0 Å². The lowest BCUT2D eigenvalue weighted by atomic mass is 10.1. The molecule has 2 aromatic rings. The van der Waals surface area contributed by atoms with Crippen LogP contribution >= 0.6 is 0 Å². The van der Waals surface area contributed by atoms with E-state index in [1.807, 2.05) is 19.1 Å². The lowest BCUT2D eigenvalue weighted by Crippen LogP contribution is -2.47. The van der Waals surface area contributed by atoms with E-state index in [1.54, 1.807) is 35.5 Å². The van der Waals surface area contributed by atoms with E-state index in [0.29, 0.717) is 25.3 Å². The molecule has 3 rings (SSSR count). The van der Waals surface area contributed by atoms with Gasteiger partial charge in [-0.25, -0.2) is 9.18 Å². The molecule has 0 radical (unpaired) electrons. The fourth-order valence-corrected chi connectivity index (χ4v) is 2.75. The Hall–Kier alpha value is -2.47. The number of hydrogen-bond acceptors (Lipinski definition) is 3. The third-order valence-corrected chi connectivity index (χ3v) is 4.13. The lowest BCUT2D eigenvalue weighted by Gasteiger charge is -2.34. The standard InChI is InChI=1S/C18H20FN3O2/c1-13(14-5-4-8-20-11-14)21-18(23)22-9-10-24-17(12-22)15-6-2-3-7-16(15)19/h2-8,11,13,17H,9-10,12H2,1H3,(H,21,23)/t13-,17+/m0/s1. The number of benzene rings is 1. The van der Waals surface area contributed by atoms with Crippen LogP contribution in [0.4, 0.5) is 9.18 Å². The molecule has 2 heterocycles. The summed E-state index contributed by atoms with van der Waals surface area (Å²) in [4.78, 5) is 18.2. The molecule has 2 atom stereocenters. The molecular formula is C18H20FN3O2. The molecule has 1 N–H and O–H groups in total. The van der Waals surface area contributed by atoms with E-state index in [1.165, 1.54) is 6.07 Å². The maximum Gasteiger partial charge on any atom is 0.318 e. The van der Waals surface area contributed by atoms with Crippen LogP contribution in [0, 0.1) is 5.82 Å². The molecule has 126 valence electrons. The number of nitrogens with one attached hydrogen (secondary N) is 1. The summed E-state index contributed by atoms with van der Waals surface area (Å²) < 4.78 is 19.6. The highest BCUT2D eigenvalue weighted by Gasteiger charge is 2.27. The first-order valence-corrected chi connectivity index (χ1v) is 7.96. The molecule has 1 aromatic heterocycles. The van der Waals surface area contributed by atoms with Crippen LogP contribution in [0.3, 0.4) is 0 Å². The number of carbonyl (C=O) groups is 1. The molecular weight excluding hydrogens is 309 g/mol. The highest BCUT2D eigenvalue weighted by atomic mass is 19.1. The number of halogens is 1. The number of amides is 2. The van der Waals surface area contributed by atoms with E-state index in [2.05, 4.69) is 10.3 Å². The zero-order valence-corrected chi connectivity index (χ0v) is 13.5. The van der Waals surface area contributed by atoms with Gasteiger partial charge in [-0.1, -0.05) is 24.3 Å². The molecule has 5 nitrogen and oxygen atoms in total. The van der Waals surface area contributed by atoms with Crippen molar-refractivity contribution in [3.8, 4) is 0 Å². The molecule has 1 aliphatic heterocycles. The van der Waals surface area contributed by atoms with Gasteiger partial charge in [0, 0.05) is 24.5 Å². The Morgan fingerprint density at radius 2 is 2.21 bits per heavy atom. The third-order valence-electron chi connectivity index (χ3n) is 4.13. The predicted molar refractivity (Wildman–Crippen MR) is 87.8 cm³/mol. The first-order valence-electron chi connectivity index (χ1n) is 7.96. The van der Waals surface area contributed by atoms with Gasteiger partial charge in [-0.05, 0) is 24.6 Å². The minimum Gasteiger partial charge on any atom is -0.370 e. The van der Waals surface area contributed by atoms with Gasteiger partial charge in [-0.3, -0.25) is 4.98 Å². The van der Waals surface area contributed by atoms with E-state index in [9.17, 15) is 9.18 Å². The fourth-order valence-electron chi connectivity index (χ4n) is 2.75. The van der Waals surface area contributed by atoms with Crippen LogP contribution in [0.5, 0.6) is 0 Å². The van der Waals surface area contributed by atoms with Crippen molar-refractivity contribution in [1.82, 2.24) is 15.2 Å². The maximum atomic E-state index is 13.9. The molecule has 1 aromatic carbocycles. The summed E-state index contributed by atoms with van der Waals surface area (Å²) in [6.07, 6.45) is 2.98. The first-order chi connectivity index (χ1) is 11.6. The highest BCUT2D eigenvalue weighted by molar-refractivity contribution is 5.74. The Labute approximate surface area is 140 Å². The van der Waals surface area contributed by atoms with Gasteiger partial charge in [0.15, 0.2) is 0 Å². The van der Waals surface area contributed by atoms with Gasteiger partial charge in [-0.15, -0.1) is 0 Å². The molecule has 0 spiro atoms. The second kappa shape index (κ2) is 7.40. The van der Waals surface area contributed by atoms with Crippen molar-refractivity contribution in [3.05, 3.63) is 65.7 Å². The van der Waals surface area contributed by atoms with E-state index < -0.39 is 6.10 Å². The number of nitrogens with zero attached hydrogens (tertiary/aromatic N) is 2. The molecule has 2 amide bonds. The van der Waals surface area contributed by atoms with Crippen molar-refractivity contribution in [2.45, 2.75) is 19.1 Å².